The van der Waals surface area contributed by atoms with Crippen LogP contribution in [-0.2, 0) is 7.05 Å². The van der Waals surface area contributed by atoms with Gasteiger partial charge in [-0.3, -0.25) is 4.79 Å². The van der Waals surface area contributed by atoms with Gasteiger partial charge < -0.3 is 15.0 Å². The van der Waals surface area contributed by atoms with Gasteiger partial charge in [0.05, 0.1) is 6.10 Å². The molecule has 1 aliphatic carbocycles. The number of hydrogen-bond donors (Lipinski definition) is 2. The van der Waals surface area contributed by atoms with E-state index in [1.165, 1.54) is 0 Å². The van der Waals surface area contributed by atoms with Gasteiger partial charge in [-0.2, -0.15) is 0 Å². The fourth-order valence-corrected chi connectivity index (χ4v) is 1.78. The summed E-state index contributed by atoms with van der Waals surface area (Å²) < 4.78 is 1.85. The van der Waals surface area contributed by atoms with E-state index in [9.17, 15) is 9.90 Å². The summed E-state index contributed by atoms with van der Waals surface area (Å²) in [4.78, 5) is 11.8. The number of aromatic nitrogens is 1. The molecule has 1 heterocycles. The van der Waals surface area contributed by atoms with E-state index in [1.54, 1.807) is 6.07 Å². The highest BCUT2D eigenvalue weighted by atomic mass is 16.3. The summed E-state index contributed by atoms with van der Waals surface area (Å²) in [5.41, 5.74) is 1.69. The minimum Gasteiger partial charge on any atom is -0.391 e. The number of nitrogens with one attached hydrogen (secondary N) is 1. The molecular weight excluding hydrogens is 204 g/mol. The maximum absolute atomic E-state index is 11.8. The molecule has 2 rings (SSSR count). The molecule has 1 aromatic rings. The summed E-state index contributed by atoms with van der Waals surface area (Å²) in [6.45, 7) is 2.31. The third-order valence-electron chi connectivity index (χ3n) is 3.24. The highest BCUT2D eigenvalue weighted by molar-refractivity contribution is 5.92. The maximum Gasteiger partial charge on any atom is 0.267 e. The van der Waals surface area contributed by atoms with Crippen LogP contribution in [0, 0.1) is 12.8 Å². The molecule has 2 N–H and O–H groups in total. The number of aryl methyl sites for hydroxylation is 1. The van der Waals surface area contributed by atoms with Crippen molar-refractivity contribution in [1.29, 1.82) is 0 Å². The molecule has 0 saturated heterocycles. The van der Waals surface area contributed by atoms with Gasteiger partial charge in [-0.25, -0.2) is 0 Å². The predicted molar refractivity (Wildman–Crippen MR) is 61.2 cm³/mol. The number of aliphatic hydroxyl groups excluding tert-OH is 1. The van der Waals surface area contributed by atoms with Gasteiger partial charge in [0.25, 0.3) is 5.91 Å². The van der Waals surface area contributed by atoms with Crippen molar-refractivity contribution >= 4 is 5.91 Å². The number of aliphatic hydroxyl groups is 1. The molecule has 0 aromatic carbocycles. The van der Waals surface area contributed by atoms with Gasteiger partial charge in [-0.1, -0.05) is 0 Å². The van der Waals surface area contributed by atoms with E-state index in [4.69, 9.17) is 0 Å². The van der Waals surface area contributed by atoms with Crippen molar-refractivity contribution in [2.45, 2.75) is 25.9 Å². The van der Waals surface area contributed by atoms with Gasteiger partial charge in [0.15, 0.2) is 0 Å². The number of carbonyl (C=O) groups excluding carboxylic acids is 1. The smallest absolute Gasteiger partial charge is 0.267 e. The Morgan fingerprint density at radius 3 is 2.81 bits per heavy atom. The van der Waals surface area contributed by atoms with Crippen LogP contribution in [0.25, 0.3) is 0 Å². The molecule has 1 atom stereocenters. The standard InChI is InChI=1S/C12H18N2O2/c1-8-3-6-10(14(8)2)12(16)13-7-11(15)9-4-5-9/h3,6,9,11,15H,4-5,7H2,1-2H3,(H,13,16). The zero-order valence-electron chi connectivity index (χ0n) is 9.73. The zero-order valence-corrected chi connectivity index (χ0v) is 9.73. The molecular formula is C12H18N2O2. The van der Waals surface area contributed by atoms with Crippen molar-refractivity contribution in [3.63, 3.8) is 0 Å². The topological polar surface area (TPSA) is 54.3 Å². The molecule has 0 bridgehead atoms. The molecule has 88 valence electrons. The Morgan fingerprint density at radius 2 is 2.31 bits per heavy atom. The second kappa shape index (κ2) is 4.29. The highest BCUT2D eigenvalue weighted by Gasteiger charge is 2.29. The summed E-state index contributed by atoms with van der Waals surface area (Å²) in [6.07, 6.45) is 1.78. The Balaban J connectivity index is 1.90. The van der Waals surface area contributed by atoms with Crippen LogP contribution in [0.3, 0.4) is 0 Å². The minimum atomic E-state index is -0.384. The Morgan fingerprint density at radius 1 is 1.62 bits per heavy atom. The van der Waals surface area contributed by atoms with Crippen LogP contribution in [0.15, 0.2) is 12.1 Å². The van der Waals surface area contributed by atoms with Gasteiger partial charge in [0.1, 0.15) is 5.69 Å². The largest absolute Gasteiger partial charge is 0.391 e. The lowest BCUT2D eigenvalue weighted by Gasteiger charge is -2.11. The van der Waals surface area contributed by atoms with Crippen LogP contribution in [0.4, 0.5) is 0 Å². The fourth-order valence-electron chi connectivity index (χ4n) is 1.78. The first kappa shape index (κ1) is 11.2. The lowest BCUT2D eigenvalue weighted by atomic mass is 10.2. The van der Waals surface area contributed by atoms with Crippen LogP contribution >= 0.6 is 0 Å². The van der Waals surface area contributed by atoms with Crippen molar-refractivity contribution in [3.8, 4) is 0 Å². The summed E-state index contributed by atoms with van der Waals surface area (Å²) in [6, 6.07) is 3.71. The summed E-state index contributed by atoms with van der Waals surface area (Å²) in [7, 11) is 1.86. The van der Waals surface area contributed by atoms with Crippen LogP contribution in [-0.4, -0.2) is 28.2 Å². The van der Waals surface area contributed by atoms with Crippen LogP contribution in [0.5, 0.6) is 0 Å². The summed E-state index contributed by atoms with van der Waals surface area (Å²) >= 11 is 0. The molecule has 1 saturated carbocycles. The molecule has 4 heteroatoms. The number of amides is 1. The minimum absolute atomic E-state index is 0.115. The van der Waals surface area contributed by atoms with Crippen LogP contribution in [0.2, 0.25) is 0 Å². The highest BCUT2D eigenvalue weighted by Crippen LogP contribution is 2.32. The monoisotopic (exact) mass is 222 g/mol. The van der Waals surface area contributed by atoms with Crippen molar-refractivity contribution in [2.24, 2.45) is 13.0 Å². The predicted octanol–water partition coefficient (Wildman–Crippen LogP) is 0.834. The molecule has 0 radical (unpaired) electrons. The van der Waals surface area contributed by atoms with E-state index >= 15 is 0 Å². The molecule has 0 aliphatic heterocycles. The molecule has 1 unspecified atom stereocenters. The summed E-state index contributed by atoms with van der Waals surface area (Å²) in [5.74, 6) is 0.283. The third-order valence-corrected chi connectivity index (χ3v) is 3.24. The Labute approximate surface area is 95.3 Å². The van der Waals surface area contributed by atoms with E-state index in [-0.39, 0.29) is 12.0 Å². The number of carbonyl (C=O) groups is 1. The number of rotatable bonds is 4. The SMILES string of the molecule is Cc1ccc(C(=O)NCC(O)C2CC2)n1C. The normalized spacial score (nSPS) is 17.2. The number of hydrogen-bond acceptors (Lipinski definition) is 2. The van der Waals surface area contributed by atoms with E-state index in [0.717, 1.165) is 18.5 Å². The van der Waals surface area contributed by atoms with Crippen LogP contribution < -0.4 is 5.32 Å². The first-order valence-corrected chi connectivity index (χ1v) is 5.68. The Hall–Kier alpha value is -1.29. The average Bonchev–Trinajstić information content (AvgIpc) is 3.04. The zero-order chi connectivity index (χ0) is 11.7. The molecule has 0 spiro atoms. The Bertz CT molecular complexity index is 394. The first-order chi connectivity index (χ1) is 7.59. The van der Waals surface area contributed by atoms with Gasteiger partial charge in [0, 0.05) is 19.3 Å². The van der Waals surface area contributed by atoms with Gasteiger partial charge in [0.2, 0.25) is 0 Å². The van der Waals surface area contributed by atoms with Gasteiger partial charge in [-0.05, 0) is 37.8 Å². The van der Waals surface area contributed by atoms with Crippen molar-refractivity contribution in [2.75, 3.05) is 6.54 Å². The number of nitrogens with zero attached hydrogens (tertiary/aromatic N) is 1. The van der Waals surface area contributed by atoms with Gasteiger partial charge >= 0.3 is 0 Å². The van der Waals surface area contributed by atoms with E-state index in [1.807, 2.05) is 24.6 Å². The fraction of sp³-hybridized carbons (Fsp3) is 0.583. The first-order valence-electron chi connectivity index (χ1n) is 5.68. The van der Waals surface area contributed by atoms with Crippen molar-refractivity contribution in [3.05, 3.63) is 23.5 Å². The van der Waals surface area contributed by atoms with Gasteiger partial charge in [-0.15, -0.1) is 0 Å². The quantitative estimate of drug-likeness (QED) is 0.793. The van der Waals surface area contributed by atoms with E-state index in [0.29, 0.717) is 18.2 Å². The van der Waals surface area contributed by atoms with Crippen molar-refractivity contribution in [1.82, 2.24) is 9.88 Å². The Kier molecular flexibility index (Phi) is 3.01. The van der Waals surface area contributed by atoms with E-state index in [2.05, 4.69) is 5.32 Å². The average molecular weight is 222 g/mol. The summed E-state index contributed by atoms with van der Waals surface area (Å²) in [5, 5.41) is 12.4. The molecule has 1 fully saturated rings. The molecule has 1 amide bonds. The lowest BCUT2D eigenvalue weighted by Crippen LogP contribution is -2.34. The molecule has 1 aromatic heterocycles. The second-order valence-corrected chi connectivity index (χ2v) is 4.53. The van der Waals surface area contributed by atoms with Crippen LogP contribution in [0.1, 0.15) is 29.0 Å². The second-order valence-electron chi connectivity index (χ2n) is 4.53. The van der Waals surface area contributed by atoms with E-state index < -0.39 is 0 Å². The molecule has 1 aliphatic rings. The lowest BCUT2D eigenvalue weighted by molar-refractivity contribution is 0.0893. The molecule has 16 heavy (non-hydrogen) atoms. The maximum atomic E-state index is 11.8. The van der Waals surface area contributed by atoms with Crippen molar-refractivity contribution < 1.29 is 9.90 Å². The third kappa shape index (κ3) is 2.27. The molecule has 4 nitrogen and oxygen atoms in total.